The normalized spacial score (nSPS) is 19.6. The maximum Gasteiger partial charge on any atom is 0.257 e. The van der Waals surface area contributed by atoms with Gasteiger partial charge in [0.15, 0.2) is 0 Å². The van der Waals surface area contributed by atoms with E-state index in [0.29, 0.717) is 19.1 Å². The number of aromatic hydroxyl groups is 1. The van der Waals surface area contributed by atoms with Gasteiger partial charge in [0.05, 0.1) is 5.56 Å². The highest BCUT2D eigenvalue weighted by atomic mass is 19.1. The van der Waals surface area contributed by atoms with E-state index < -0.39 is 5.82 Å². The first-order valence-corrected chi connectivity index (χ1v) is 5.57. The Bertz CT molecular complexity index is 437. The number of carbonyl (C=O) groups excluding carboxylic acids is 1. The van der Waals surface area contributed by atoms with E-state index in [-0.39, 0.29) is 17.2 Å². The molecule has 0 aliphatic carbocycles. The van der Waals surface area contributed by atoms with E-state index in [1.54, 1.807) is 4.90 Å². The number of nitrogens with one attached hydrogen (secondary N) is 1. The summed E-state index contributed by atoms with van der Waals surface area (Å²) < 4.78 is 12.8. The summed E-state index contributed by atoms with van der Waals surface area (Å²) >= 11 is 0. The molecule has 2 N–H and O–H groups in total. The summed E-state index contributed by atoms with van der Waals surface area (Å²) in [5.41, 5.74) is 0.156. The van der Waals surface area contributed by atoms with E-state index in [1.807, 2.05) is 7.05 Å². The molecule has 92 valence electrons. The second kappa shape index (κ2) is 4.71. The SMILES string of the molecule is CNC1CCN(C(=O)c2ccc(F)cc2O)C1. The Labute approximate surface area is 99.0 Å². The Hall–Kier alpha value is -1.62. The Morgan fingerprint density at radius 1 is 1.59 bits per heavy atom. The molecule has 0 saturated carbocycles. The third kappa shape index (κ3) is 2.39. The van der Waals surface area contributed by atoms with Crippen LogP contribution >= 0.6 is 0 Å². The van der Waals surface area contributed by atoms with Crippen LogP contribution < -0.4 is 5.32 Å². The standard InChI is InChI=1S/C12H15FN2O2/c1-14-9-4-5-15(7-9)12(17)10-3-2-8(13)6-11(10)16/h2-3,6,9,14,16H,4-5,7H2,1H3. The van der Waals surface area contributed by atoms with Crippen molar-refractivity contribution < 1.29 is 14.3 Å². The van der Waals surface area contributed by atoms with Crippen molar-refractivity contribution in [1.82, 2.24) is 10.2 Å². The van der Waals surface area contributed by atoms with Crippen molar-refractivity contribution in [3.8, 4) is 5.75 Å². The van der Waals surface area contributed by atoms with Gasteiger partial charge in [-0.2, -0.15) is 0 Å². The van der Waals surface area contributed by atoms with Crippen LogP contribution in [0.2, 0.25) is 0 Å². The molecule has 0 aromatic heterocycles. The Morgan fingerprint density at radius 3 is 2.94 bits per heavy atom. The van der Waals surface area contributed by atoms with Crippen LogP contribution in [0.3, 0.4) is 0 Å². The maximum atomic E-state index is 12.8. The van der Waals surface area contributed by atoms with E-state index in [1.165, 1.54) is 12.1 Å². The van der Waals surface area contributed by atoms with Crippen LogP contribution in [0.15, 0.2) is 18.2 Å². The monoisotopic (exact) mass is 238 g/mol. The summed E-state index contributed by atoms with van der Waals surface area (Å²) in [6, 6.07) is 3.75. The molecule has 1 amide bonds. The van der Waals surface area contributed by atoms with Crippen LogP contribution in [0, 0.1) is 5.82 Å². The topological polar surface area (TPSA) is 52.6 Å². The zero-order valence-corrected chi connectivity index (χ0v) is 9.61. The zero-order chi connectivity index (χ0) is 12.4. The first-order chi connectivity index (χ1) is 8.11. The fourth-order valence-electron chi connectivity index (χ4n) is 2.04. The van der Waals surface area contributed by atoms with Crippen molar-refractivity contribution in [1.29, 1.82) is 0 Å². The van der Waals surface area contributed by atoms with Gasteiger partial charge in [-0.1, -0.05) is 0 Å². The number of hydrogen-bond acceptors (Lipinski definition) is 3. The molecule has 1 saturated heterocycles. The summed E-state index contributed by atoms with van der Waals surface area (Å²) in [6.07, 6.45) is 0.893. The third-order valence-electron chi connectivity index (χ3n) is 3.07. The van der Waals surface area contributed by atoms with Gasteiger partial charge < -0.3 is 15.3 Å². The smallest absolute Gasteiger partial charge is 0.257 e. The van der Waals surface area contributed by atoms with Crippen molar-refractivity contribution in [3.05, 3.63) is 29.6 Å². The molecule has 1 aromatic rings. The molecular formula is C12H15FN2O2. The van der Waals surface area contributed by atoms with Crippen LogP contribution in [0.4, 0.5) is 4.39 Å². The van der Waals surface area contributed by atoms with Crippen molar-refractivity contribution in [3.63, 3.8) is 0 Å². The number of likely N-dealkylation sites (tertiary alicyclic amines) is 1. The molecule has 1 fully saturated rings. The number of halogens is 1. The number of hydrogen-bond donors (Lipinski definition) is 2. The number of amides is 1. The number of phenols is 1. The fourth-order valence-corrected chi connectivity index (χ4v) is 2.04. The lowest BCUT2D eigenvalue weighted by Gasteiger charge is -2.17. The molecular weight excluding hydrogens is 223 g/mol. The van der Waals surface area contributed by atoms with Gasteiger partial charge >= 0.3 is 0 Å². The van der Waals surface area contributed by atoms with Crippen LogP contribution in [0.5, 0.6) is 5.75 Å². The van der Waals surface area contributed by atoms with Gasteiger partial charge in [-0.25, -0.2) is 4.39 Å². The Kier molecular flexibility index (Phi) is 3.28. The quantitative estimate of drug-likeness (QED) is 0.807. The molecule has 5 heteroatoms. The molecule has 0 spiro atoms. The van der Waals surface area contributed by atoms with Crippen LogP contribution in [0.25, 0.3) is 0 Å². The molecule has 1 unspecified atom stereocenters. The number of carbonyl (C=O) groups is 1. The van der Waals surface area contributed by atoms with Crippen molar-refractivity contribution in [2.24, 2.45) is 0 Å². The highest BCUT2D eigenvalue weighted by Crippen LogP contribution is 2.22. The molecule has 17 heavy (non-hydrogen) atoms. The Balaban J connectivity index is 2.15. The minimum absolute atomic E-state index is 0.156. The summed E-state index contributed by atoms with van der Waals surface area (Å²) in [6.45, 7) is 1.27. The lowest BCUT2D eigenvalue weighted by Crippen LogP contribution is -2.33. The summed E-state index contributed by atoms with van der Waals surface area (Å²) in [5.74, 6) is -1.10. The number of nitrogens with zero attached hydrogens (tertiary/aromatic N) is 1. The molecule has 1 aliphatic rings. The summed E-state index contributed by atoms with van der Waals surface area (Å²) in [5, 5.41) is 12.6. The number of phenolic OH excluding ortho intramolecular Hbond substituents is 1. The molecule has 0 radical (unpaired) electrons. The van der Waals surface area contributed by atoms with Crippen LogP contribution in [0.1, 0.15) is 16.8 Å². The fraction of sp³-hybridized carbons (Fsp3) is 0.417. The van der Waals surface area contributed by atoms with E-state index in [4.69, 9.17) is 0 Å². The third-order valence-corrected chi connectivity index (χ3v) is 3.07. The molecule has 0 bridgehead atoms. The number of likely N-dealkylation sites (N-methyl/N-ethyl adjacent to an activating group) is 1. The molecule has 1 aliphatic heterocycles. The van der Waals surface area contributed by atoms with E-state index in [2.05, 4.69) is 5.32 Å². The highest BCUT2D eigenvalue weighted by Gasteiger charge is 2.27. The van der Waals surface area contributed by atoms with E-state index in [9.17, 15) is 14.3 Å². The van der Waals surface area contributed by atoms with Crippen molar-refractivity contribution in [2.75, 3.05) is 20.1 Å². The zero-order valence-electron chi connectivity index (χ0n) is 9.61. The van der Waals surface area contributed by atoms with Gasteiger partial charge in [0, 0.05) is 25.2 Å². The highest BCUT2D eigenvalue weighted by molar-refractivity contribution is 5.97. The van der Waals surface area contributed by atoms with Crippen molar-refractivity contribution in [2.45, 2.75) is 12.5 Å². The van der Waals surface area contributed by atoms with E-state index in [0.717, 1.165) is 12.5 Å². The molecule has 2 rings (SSSR count). The minimum Gasteiger partial charge on any atom is -0.507 e. The van der Waals surface area contributed by atoms with Crippen LogP contribution in [-0.2, 0) is 0 Å². The lowest BCUT2D eigenvalue weighted by atomic mass is 10.1. The van der Waals surface area contributed by atoms with Gasteiger partial charge in [0.1, 0.15) is 11.6 Å². The molecule has 1 heterocycles. The number of benzene rings is 1. The predicted molar refractivity (Wildman–Crippen MR) is 61.4 cm³/mol. The molecule has 1 aromatic carbocycles. The second-order valence-corrected chi connectivity index (χ2v) is 4.19. The summed E-state index contributed by atoms with van der Waals surface area (Å²) in [4.78, 5) is 13.7. The van der Waals surface area contributed by atoms with Crippen LogP contribution in [-0.4, -0.2) is 42.1 Å². The number of rotatable bonds is 2. The largest absolute Gasteiger partial charge is 0.507 e. The molecule has 1 atom stereocenters. The van der Waals surface area contributed by atoms with Gasteiger partial charge in [0.2, 0.25) is 0 Å². The average molecular weight is 238 g/mol. The van der Waals surface area contributed by atoms with E-state index >= 15 is 0 Å². The molecule has 4 nitrogen and oxygen atoms in total. The second-order valence-electron chi connectivity index (χ2n) is 4.19. The lowest BCUT2D eigenvalue weighted by molar-refractivity contribution is 0.0786. The summed E-state index contributed by atoms with van der Waals surface area (Å²) in [7, 11) is 1.86. The minimum atomic E-state index is -0.548. The average Bonchev–Trinajstić information content (AvgIpc) is 2.76. The predicted octanol–water partition coefficient (Wildman–Crippen LogP) is 0.965. The van der Waals surface area contributed by atoms with Crippen molar-refractivity contribution >= 4 is 5.91 Å². The maximum absolute atomic E-state index is 12.8. The van der Waals surface area contributed by atoms with Gasteiger partial charge in [0.25, 0.3) is 5.91 Å². The first kappa shape index (κ1) is 11.9. The first-order valence-electron chi connectivity index (χ1n) is 5.57. The van der Waals surface area contributed by atoms with Gasteiger partial charge in [-0.05, 0) is 25.6 Å². The van der Waals surface area contributed by atoms with Gasteiger partial charge in [-0.3, -0.25) is 4.79 Å². The Morgan fingerprint density at radius 2 is 2.35 bits per heavy atom. The van der Waals surface area contributed by atoms with Gasteiger partial charge in [-0.15, -0.1) is 0 Å².